The molecule has 0 aromatic rings. The molecule has 5 heteroatoms. The van der Waals surface area contributed by atoms with Crippen LogP contribution in [0.2, 0.25) is 5.25 Å². The Morgan fingerprint density at radius 1 is 0.929 bits per heavy atom. The fraction of sp³-hybridized carbons (Fsp3) is 1.00. The monoisotopic (exact) mass is 267 g/mol. The molecule has 0 aromatic heterocycles. The number of nitrogens with two attached hydrogens (primary N) is 1. The molecule has 2 N–H and O–H groups in total. The van der Waals surface area contributed by atoms with Crippen molar-refractivity contribution in [3.63, 3.8) is 0 Å². The van der Waals surface area contributed by atoms with Gasteiger partial charge in [-0.15, -0.1) is 0 Å². The van der Waals surface area contributed by atoms with Gasteiger partial charge in [0.15, 0.2) is 0 Å². The van der Waals surface area contributed by atoms with Crippen LogP contribution in [-0.2, 0) is 11.3 Å². The van der Waals surface area contributed by atoms with Crippen LogP contribution >= 0.6 is 0 Å². The zero-order valence-electron chi connectivity index (χ0n) is 9.54. The molecule has 0 saturated carbocycles. The van der Waals surface area contributed by atoms with Crippen molar-refractivity contribution in [3.8, 4) is 0 Å². The van der Waals surface area contributed by atoms with Crippen LogP contribution in [0.15, 0.2) is 0 Å². The molecule has 0 saturated heterocycles. The van der Waals surface area contributed by atoms with Crippen LogP contribution in [-0.4, -0.2) is 40.6 Å². The first kappa shape index (κ1) is 14.4. The quantitative estimate of drug-likeness (QED) is 0.640. The Balaban J connectivity index is 4.21. The van der Waals surface area contributed by atoms with Gasteiger partial charge in [0, 0.05) is 0 Å². The Hall–Kier alpha value is 0.383. The molecule has 0 amide bonds. The Labute approximate surface area is 90.5 Å². The summed E-state index contributed by atoms with van der Waals surface area (Å²) in [5.74, 6) is 0. The van der Waals surface area contributed by atoms with Crippen molar-refractivity contribution >= 4 is 14.3 Å². The van der Waals surface area contributed by atoms with E-state index in [9.17, 15) is 0 Å². The van der Waals surface area contributed by atoms with Crippen molar-refractivity contribution in [2.45, 2.75) is 32.4 Å². The van der Waals surface area contributed by atoms with E-state index in [1.54, 1.807) is 0 Å². The van der Waals surface area contributed by atoms with Crippen molar-refractivity contribution < 1.29 is 11.3 Å². The fourth-order valence-electron chi connectivity index (χ4n) is 1.32. The van der Waals surface area contributed by atoms with Gasteiger partial charge in [-0.2, -0.15) is 0 Å². The molecule has 86 valence electrons. The van der Waals surface area contributed by atoms with E-state index in [4.69, 9.17) is 17.0 Å². The third-order valence-electron chi connectivity index (χ3n) is 1.78. The molecule has 0 radical (unpaired) electrons. The molecule has 0 aromatic carbocycles. The van der Waals surface area contributed by atoms with E-state index in [-0.39, 0.29) is 0 Å². The number of rotatable bonds is 9. The number of hydrogen-bond acceptors (Lipinski definition) is 4. The van der Waals surface area contributed by atoms with Gasteiger partial charge in [0.2, 0.25) is 0 Å². The normalized spacial score (nSPS) is 12.0. The molecular formula is C9H23GeNO3. The van der Waals surface area contributed by atoms with Crippen molar-refractivity contribution in [3.05, 3.63) is 0 Å². The molecule has 0 rings (SSSR count). The first-order valence-corrected chi connectivity index (χ1v) is 9.41. The first-order valence-electron chi connectivity index (χ1n) is 5.36. The van der Waals surface area contributed by atoms with E-state index in [1.165, 1.54) is 0 Å². The molecule has 0 bridgehead atoms. The Bertz CT molecular complexity index is 118. The summed E-state index contributed by atoms with van der Waals surface area (Å²) >= 11 is -2.93. The fourth-order valence-corrected chi connectivity index (χ4v) is 6.86. The van der Waals surface area contributed by atoms with Crippen LogP contribution in [0.3, 0.4) is 0 Å². The Morgan fingerprint density at radius 3 is 1.64 bits per heavy atom. The zero-order chi connectivity index (χ0) is 10.9. The van der Waals surface area contributed by atoms with Gasteiger partial charge in [0.1, 0.15) is 0 Å². The van der Waals surface area contributed by atoms with E-state index >= 15 is 0 Å². The van der Waals surface area contributed by atoms with Crippen molar-refractivity contribution in [2.75, 3.05) is 26.4 Å². The Kier molecular flexibility index (Phi) is 8.91. The Morgan fingerprint density at radius 2 is 1.36 bits per heavy atom. The van der Waals surface area contributed by atoms with Crippen LogP contribution in [0.5, 0.6) is 0 Å². The van der Waals surface area contributed by atoms with Crippen LogP contribution in [0, 0.1) is 0 Å². The van der Waals surface area contributed by atoms with E-state index in [1.807, 2.05) is 20.8 Å². The van der Waals surface area contributed by atoms with Crippen LogP contribution in [0.1, 0.15) is 27.2 Å². The van der Waals surface area contributed by atoms with Gasteiger partial charge >= 0.3 is 90.1 Å². The van der Waals surface area contributed by atoms with E-state index in [0.29, 0.717) is 26.4 Å². The van der Waals surface area contributed by atoms with Gasteiger partial charge < -0.3 is 0 Å². The average Bonchev–Trinajstić information content (AvgIpc) is 2.16. The predicted molar refractivity (Wildman–Crippen MR) is 59.1 cm³/mol. The van der Waals surface area contributed by atoms with Crippen molar-refractivity contribution in [1.29, 1.82) is 0 Å². The second-order valence-corrected chi connectivity index (χ2v) is 8.61. The summed E-state index contributed by atoms with van der Waals surface area (Å²) in [6.07, 6.45) is 0.917. The van der Waals surface area contributed by atoms with Gasteiger partial charge in [-0.05, 0) is 0 Å². The summed E-state index contributed by atoms with van der Waals surface area (Å²) < 4.78 is 17.1. The summed E-state index contributed by atoms with van der Waals surface area (Å²) in [5, 5.41) is 0.867. The second kappa shape index (κ2) is 8.67. The van der Waals surface area contributed by atoms with Crippen LogP contribution in [0.25, 0.3) is 0 Å². The molecule has 0 aliphatic heterocycles. The first-order chi connectivity index (χ1) is 6.74. The molecule has 14 heavy (non-hydrogen) atoms. The summed E-state index contributed by atoms with van der Waals surface area (Å²) in [6, 6.07) is 0. The van der Waals surface area contributed by atoms with Gasteiger partial charge in [-0.1, -0.05) is 0 Å². The molecule has 4 nitrogen and oxygen atoms in total. The molecular weight excluding hydrogens is 243 g/mol. The molecule has 0 unspecified atom stereocenters. The van der Waals surface area contributed by atoms with Gasteiger partial charge in [0.05, 0.1) is 0 Å². The topological polar surface area (TPSA) is 53.7 Å². The summed E-state index contributed by atoms with van der Waals surface area (Å²) in [6.45, 7) is 8.56. The van der Waals surface area contributed by atoms with Crippen LogP contribution < -0.4 is 5.73 Å². The van der Waals surface area contributed by atoms with E-state index < -0.39 is 14.3 Å². The van der Waals surface area contributed by atoms with Crippen LogP contribution in [0.4, 0.5) is 0 Å². The van der Waals surface area contributed by atoms with E-state index in [0.717, 1.165) is 11.7 Å². The summed E-state index contributed by atoms with van der Waals surface area (Å²) in [5.41, 5.74) is 5.49. The summed E-state index contributed by atoms with van der Waals surface area (Å²) in [7, 11) is 0. The summed E-state index contributed by atoms with van der Waals surface area (Å²) in [4.78, 5) is 0. The van der Waals surface area contributed by atoms with Gasteiger partial charge in [-0.25, -0.2) is 0 Å². The van der Waals surface area contributed by atoms with Gasteiger partial charge in [0.25, 0.3) is 0 Å². The molecule has 0 atom stereocenters. The molecule has 0 aliphatic carbocycles. The standard InChI is InChI=1S/C9H23GeNO3/c1-4-12-10(13-5-2,14-6-3)8-7-9-11/h4-9,11H2,1-3H3. The van der Waals surface area contributed by atoms with Crippen molar-refractivity contribution in [2.24, 2.45) is 5.73 Å². The average molecular weight is 266 g/mol. The maximum atomic E-state index is 5.70. The maximum absolute atomic E-state index is 5.70. The predicted octanol–water partition coefficient (Wildman–Crippen LogP) is 1.38. The second-order valence-electron chi connectivity index (χ2n) is 2.87. The van der Waals surface area contributed by atoms with Gasteiger partial charge in [-0.3, -0.25) is 0 Å². The minimum atomic E-state index is -2.93. The number of hydrogen-bond donors (Lipinski definition) is 1. The third-order valence-corrected chi connectivity index (χ3v) is 8.39. The SMILES string of the molecule is CC[O][Ge]([CH2]CCN)([O]CC)[O]CC. The van der Waals surface area contributed by atoms with E-state index in [2.05, 4.69) is 0 Å². The molecule has 0 spiro atoms. The minimum absolute atomic E-state index is 0.657. The molecule has 0 heterocycles. The third kappa shape index (κ3) is 5.31. The molecule has 0 fully saturated rings. The zero-order valence-corrected chi connectivity index (χ0v) is 11.6. The molecule has 0 aliphatic rings. The van der Waals surface area contributed by atoms with Crippen molar-refractivity contribution in [1.82, 2.24) is 0 Å².